The van der Waals surface area contributed by atoms with Crippen LogP contribution in [0.2, 0.25) is 10.0 Å². The molecule has 0 unspecified atom stereocenters. The molecular weight excluding hydrogens is 427 g/mol. The number of aryl methyl sites for hydroxylation is 3. The minimum absolute atomic E-state index is 0.541. The van der Waals surface area contributed by atoms with E-state index in [1.165, 1.54) is 0 Å². The molecule has 3 rings (SSSR count). The summed E-state index contributed by atoms with van der Waals surface area (Å²) in [6.07, 6.45) is 2.75. The van der Waals surface area contributed by atoms with Gasteiger partial charge in [0.05, 0.1) is 33.7 Å². The third-order valence-electron chi connectivity index (χ3n) is 4.70. The Bertz CT molecular complexity index is 1010. The average molecular weight is 451 g/mol. The van der Waals surface area contributed by atoms with Gasteiger partial charge in [0, 0.05) is 25.0 Å². The Kier molecular flexibility index (Phi) is 7.16. The van der Waals surface area contributed by atoms with Gasteiger partial charge in [-0.25, -0.2) is 0 Å². The Morgan fingerprint density at radius 1 is 1.10 bits per heavy atom. The molecule has 0 atom stereocenters. The van der Waals surface area contributed by atoms with E-state index in [-0.39, 0.29) is 0 Å². The maximum Gasteiger partial charge on any atom is 0.170 e. The highest BCUT2D eigenvalue weighted by Gasteiger charge is 2.13. The summed E-state index contributed by atoms with van der Waals surface area (Å²) in [7, 11) is 0. The van der Waals surface area contributed by atoms with Crippen LogP contribution in [0.1, 0.15) is 29.1 Å². The second-order valence-electron chi connectivity index (χ2n) is 6.88. The van der Waals surface area contributed by atoms with Crippen LogP contribution >= 0.6 is 35.4 Å². The molecule has 29 heavy (non-hydrogen) atoms. The van der Waals surface area contributed by atoms with Gasteiger partial charge in [-0.2, -0.15) is 10.2 Å². The quantitative estimate of drug-likeness (QED) is 0.402. The number of nitrogens with zero attached hydrogens (tertiary/aromatic N) is 4. The lowest BCUT2D eigenvalue weighted by molar-refractivity contribution is 0.561. The molecule has 9 heteroatoms. The highest BCUT2D eigenvalue weighted by molar-refractivity contribution is 7.80. The Morgan fingerprint density at radius 2 is 1.90 bits per heavy atom. The summed E-state index contributed by atoms with van der Waals surface area (Å²) in [6.45, 7) is 8.25. The first kappa shape index (κ1) is 21.6. The molecule has 2 N–H and O–H groups in total. The van der Waals surface area contributed by atoms with Crippen LogP contribution in [0.15, 0.2) is 30.5 Å². The molecule has 6 nitrogen and oxygen atoms in total. The van der Waals surface area contributed by atoms with E-state index in [1.54, 1.807) is 6.07 Å². The number of hydrogen-bond donors (Lipinski definition) is 2. The number of nitrogens with one attached hydrogen (secondary N) is 2. The number of anilines is 1. The third-order valence-corrected chi connectivity index (χ3v) is 5.68. The molecule has 0 bridgehead atoms. The van der Waals surface area contributed by atoms with E-state index in [1.807, 2.05) is 54.5 Å². The number of aromatic nitrogens is 4. The van der Waals surface area contributed by atoms with Gasteiger partial charge < -0.3 is 10.6 Å². The van der Waals surface area contributed by atoms with E-state index in [2.05, 4.69) is 20.8 Å². The van der Waals surface area contributed by atoms with E-state index in [4.69, 9.17) is 35.4 Å². The standard InChI is InChI=1S/C20H24Cl2N6S/c1-13-7-9-24-27(13)10-4-8-23-20(29)25-19-14(2)26-28(15(19)3)12-16-5-6-17(21)18(22)11-16/h5-7,9,11H,4,8,10,12H2,1-3H3,(H2,23,25,29). The van der Waals surface area contributed by atoms with Crippen molar-refractivity contribution in [2.45, 2.75) is 40.3 Å². The Balaban J connectivity index is 1.55. The predicted octanol–water partition coefficient (Wildman–Crippen LogP) is 4.74. The van der Waals surface area contributed by atoms with Gasteiger partial charge in [-0.15, -0.1) is 0 Å². The number of thiocarbonyl (C=S) groups is 1. The summed E-state index contributed by atoms with van der Waals surface area (Å²) in [4.78, 5) is 0. The highest BCUT2D eigenvalue weighted by atomic mass is 35.5. The van der Waals surface area contributed by atoms with Gasteiger partial charge in [0.1, 0.15) is 0 Å². The minimum atomic E-state index is 0.541. The molecule has 0 amide bonds. The minimum Gasteiger partial charge on any atom is -0.362 e. The van der Waals surface area contributed by atoms with Crippen LogP contribution < -0.4 is 10.6 Å². The smallest absolute Gasteiger partial charge is 0.170 e. The average Bonchev–Trinajstić information content (AvgIpc) is 3.20. The van der Waals surface area contributed by atoms with Crippen molar-refractivity contribution in [2.24, 2.45) is 0 Å². The van der Waals surface area contributed by atoms with Crippen LogP contribution in [0, 0.1) is 20.8 Å². The van der Waals surface area contributed by atoms with Gasteiger partial charge >= 0.3 is 0 Å². The van der Waals surface area contributed by atoms with Crippen molar-refractivity contribution < 1.29 is 0 Å². The molecule has 2 heterocycles. The lowest BCUT2D eigenvalue weighted by Crippen LogP contribution is -2.30. The fourth-order valence-electron chi connectivity index (χ4n) is 3.06. The number of hydrogen-bond acceptors (Lipinski definition) is 3. The summed E-state index contributed by atoms with van der Waals surface area (Å²) < 4.78 is 3.92. The van der Waals surface area contributed by atoms with Crippen LogP contribution in [-0.2, 0) is 13.1 Å². The summed E-state index contributed by atoms with van der Waals surface area (Å²) >= 11 is 17.6. The van der Waals surface area contributed by atoms with Gasteiger partial charge in [-0.3, -0.25) is 9.36 Å². The van der Waals surface area contributed by atoms with Crippen molar-refractivity contribution in [3.05, 3.63) is 63.2 Å². The lowest BCUT2D eigenvalue weighted by atomic mass is 10.2. The zero-order chi connectivity index (χ0) is 21.0. The Labute approximate surface area is 186 Å². The maximum absolute atomic E-state index is 6.12. The van der Waals surface area contributed by atoms with Crippen molar-refractivity contribution in [1.82, 2.24) is 24.9 Å². The monoisotopic (exact) mass is 450 g/mol. The molecule has 0 aliphatic heterocycles. The Hall–Kier alpha value is -2.09. The molecule has 0 fully saturated rings. The molecule has 3 aromatic rings. The molecule has 0 aliphatic carbocycles. The van der Waals surface area contributed by atoms with Crippen molar-refractivity contribution in [3.8, 4) is 0 Å². The van der Waals surface area contributed by atoms with Crippen molar-refractivity contribution in [3.63, 3.8) is 0 Å². The van der Waals surface area contributed by atoms with E-state index in [0.717, 1.165) is 47.8 Å². The number of rotatable bonds is 7. The van der Waals surface area contributed by atoms with Crippen molar-refractivity contribution in [1.29, 1.82) is 0 Å². The van der Waals surface area contributed by atoms with E-state index < -0.39 is 0 Å². The SMILES string of the molecule is Cc1nn(Cc2ccc(Cl)c(Cl)c2)c(C)c1NC(=S)NCCCn1nccc1C. The van der Waals surface area contributed by atoms with E-state index >= 15 is 0 Å². The fraction of sp³-hybridized carbons (Fsp3) is 0.350. The molecule has 0 spiro atoms. The summed E-state index contributed by atoms with van der Waals surface area (Å²) in [6, 6.07) is 7.61. The second kappa shape index (κ2) is 9.61. The first-order valence-electron chi connectivity index (χ1n) is 9.36. The molecule has 0 saturated carbocycles. The van der Waals surface area contributed by atoms with Gasteiger partial charge in [-0.1, -0.05) is 29.3 Å². The highest BCUT2D eigenvalue weighted by Crippen LogP contribution is 2.25. The van der Waals surface area contributed by atoms with Gasteiger partial charge in [0.15, 0.2) is 5.11 Å². The van der Waals surface area contributed by atoms with E-state index in [9.17, 15) is 0 Å². The zero-order valence-corrected chi connectivity index (χ0v) is 19.0. The van der Waals surface area contributed by atoms with E-state index in [0.29, 0.717) is 21.7 Å². The normalized spacial score (nSPS) is 10.9. The molecule has 0 radical (unpaired) electrons. The van der Waals surface area contributed by atoms with Crippen molar-refractivity contribution in [2.75, 3.05) is 11.9 Å². The molecule has 1 aromatic carbocycles. The molecular formula is C20H24Cl2N6S. The molecule has 2 aromatic heterocycles. The third kappa shape index (κ3) is 5.50. The fourth-order valence-corrected chi connectivity index (χ4v) is 3.59. The summed E-state index contributed by atoms with van der Waals surface area (Å²) in [5.74, 6) is 0. The maximum atomic E-state index is 6.12. The van der Waals surface area contributed by atoms with Gasteiger partial charge in [0.25, 0.3) is 0 Å². The van der Waals surface area contributed by atoms with Crippen LogP contribution in [0.4, 0.5) is 5.69 Å². The predicted molar refractivity (Wildman–Crippen MR) is 123 cm³/mol. The number of halogens is 2. The molecule has 0 saturated heterocycles. The van der Waals surface area contributed by atoms with Crippen LogP contribution in [0.25, 0.3) is 0 Å². The Morgan fingerprint density at radius 3 is 2.59 bits per heavy atom. The first-order valence-corrected chi connectivity index (χ1v) is 10.5. The van der Waals surface area contributed by atoms with Crippen LogP contribution in [-0.4, -0.2) is 31.2 Å². The molecule has 154 valence electrons. The molecule has 0 aliphatic rings. The zero-order valence-electron chi connectivity index (χ0n) is 16.7. The topological polar surface area (TPSA) is 59.7 Å². The van der Waals surface area contributed by atoms with Crippen molar-refractivity contribution >= 4 is 46.2 Å². The second-order valence-corrected chi connectivity index (χ2v) is 8.10. The first-order chi connectivity index (χ1) is 13.8. The summed E-state index contributed by atoms with van der Waals surface area (Å²) in [5, 5.41) is 17.1. The van der Waals surface area contributed by atoms with Gasteiger partial charge in [-0.05, 0) is 63.2 Å². The lowest BCUT2D eigenvalue weighted by Gasteiger charge is -2.12. The largest absolute Gasteiger partial charge is 0.362 e. The van der Waals surface area contributed by atoms with Gasteiger partial charge in [0.2, 0.25) is 0 Å². The van der Waals surface area contributed by atoms with Crippen LogP contribution in [0.3, 0.4) is 0 Å². The van der Waals surface area contributed by atoms with Crippen LogP contribution in [0.5, 0.6) is 0 Å². The summed E-state index contributed by atoms with van der Waals surface area (Å²) in [5.41, 5.74) is 5.01. The number of benzene rings is 1.